The van der Waals surface area contributed by atoms with Gasteiger partial charge in [0.25, 0.3) is 0 Å². The lowest BCUT2D eigenvalue weighted by molar-refractivity contribution is 0.604. The Morgan fingerprint density at radius 1 is 1.26 bits per heavy atom. The predicted octanol–water partition coefficient (Wildman–Crippen LogP) is 3.58. The summed E-state index contributed by atoms with van der Waals surface area (Å²) in [6, 6.07) is 9.06. The Morgan fingerprint density at radius 2 is 2.16 bits per heavy atom. The minimum Gasteiger partial charge on any atom is -0.305 e. The number of nitrogens with zero attached hydrogens (tertiary/aromatic N) is 2. The Balaban J connectivity index is 2.24. The van der Waals surface area contributed by atoms with Gasteiger partial charge in [-0.15, -0.1) is 5.10 Å². The standard InChI is InChI=1S/C15H21N3S/c1-3-6-12-7-5-8-13(10-12)15(16-9-4-2)14-11-17-18-19-14/h5,7-8,10-11,15-16H,3-4,6,9H2,1-2H3. The third-order valence-corrected chi connectivity index (χ3v) is 3.81. The zero-order valence-corrected chi connectivity index (χ0v) is 12.4. The van der Waals surface area contributed by atoms with Crippen molar-refractivity contribution in [2.45, 2.75) is 39.2 Å². The summed E-state index contributed by atoms with van der Waals surface area (Å²) in [4.78, 5) is 1.18. The number of benzene rings is 1. The van der Waals surface area contributed by atoms with Crippen LogP contribution in [0.1, 0.15) is 48.7 Å². The molecule has 1 aromatic carbocycles. The molecule has 0 bridgehead atoms. The van der Waals surface area contributed by atoms with E-state index in [0.29, 0.717) is 0 Å². The predicted molar refractivity (Wildman–Crippen MR) is 80.5 cm³/mol. The second-order valence-corrected chi connectivity index (χ2v) is 5.52. The average molecular weight is 275 g/mol. The minimum atomic E-state index is 0.219. The van der Waals surface area contributed by atoms with Gasteiger partial charge < -0.3 is 5.32 Å². The van der Waals surface area contributed by atoms with E-state index in [1.54, 1.807) is 0 Å². The maximum Gasteiger partial charge on any atom is 0.0703 e. The molecule has 1 N–H and O–H groups in total. The first-order chi connectivity index (χ1) is 9.35. The Labute approximate surface area is 119 Å². The van der Waals surface area contributed by atoms with E-state index in [-0.39, 0.29) is 6.04 Å². The van der Waals surface area contributed by atoms with Crippen LogP contribution in [0.2, 0.25) is 0 Å². The first kappa shape index (κ1) is 14.2. The molecule has 19 heavy (non-hydrogen) atoms. The van der Waals surface area contributed by atoms with E-state index in [9.17, 15) is 0 Å². The molecule has 0 aliphatic rings. The van der Waals surface area contributed by atoms with Crippen LogP contribution in [0.5, 0.6) is 0 Å². The van der Waals surface area contributed by atoms with Crippen molar-refractivity contribution in [1.29, 1.82) is 0 Å². The molecule has 0 aliphatic carbocycles. The highest BCUT2D eigenvalue weighted by Gasteiger charge is 2.15. The molecule has 2 rings (SSSR count). The fraction of sp³-hybridized carbons (Fsp3) is 0.467. The maximum atomic E-state index is 3.99. The molecule has 0 saturated carbocycles. The van der Waals surface area contributed by atoms with Gasteiger partial charge in [0.05, 0.1) is 17.1 Å². The van der Waals surface area contributed by atoms with E-state index < -0.39 is 0 Å². The molecule has 1 heterocycles. The van der Waals surface area contributed by atoms with Gasteiger partial charge in [-0.1, -0.05) is 49.0 Å². The molecule has 1 unspecified atom stereocenters. The average Bonchev–Trinajstić information content (AvgIpc) is 2.94. The van der Waals surface area contributed by atoms with Gasteiger partial charge in [-0.05, 0) is 42.0 Å². The molecule has 0 spiro atoms. The summed E-state index contributed by atoms with van der Waals surface area (Å²) in [7, 11) is 0. The van der Waals surface area contributed by atoms with E-state index in [2.05, 4.69) is 53.0 Å². The second-order valence-electron chi connectivity index (χ2n) is 4.70. The van der Waals surface area contributed by atoms with Gasteiger partial charge in [0.2, 0.25) is 0 Å². The molecule has 102 valence electrons. The summed E-state index contributed by atoms with van der Waals surface area (Å²) in [5.41, 5.74) is 2.71. The minimum absolute atomic E-state index is 0.219. The molecule has 0 fully saturated rings. The van der Waals surface area contributed by atoms with Crippen LogP contribution in [0.3, 0.4) is 0 Å². The van der Waals surface area contributed by atoms with Gasteiger partial charge in [0.15, 0.2) is 0 Å². The van der Waals surface area contributed by atoms with Crippen molar-refractivity contribution >= 4 is 11.5 Å². The number of rotatable bonds is 7. The van der Waals surface area contributed by atoms with Crippen LogP contribution in [-0.4, -0.2) is 16.1 Å². The van der Waals surface area contributed by atoms with E-state index in [1.165, 1.54) is 34.0 Å². The largest absolute Gasteiger partial charge is 0.305 e. The third-order valence-electron chi connectivity index (χ3n) is 3.08. The Morgan fingerprint density at radius 3 is 2.84 bits per heavy atom. The zero-order valence-electron chi connectivity index (χ0n) is 11.6. The van der Waals surface area contributed by atoms with Crippen LogP contribution in [0.4, 0.5) is 0 Å². The molecule has 3 nitrogen and oxygen atoms in total. The number of hydrogen-bond acceptors (Lipinski definition) is 4. The molecule has 0 saturated heterocycles. The highest BCUT2D eigenvalue weighted by Crippen LogP contribution is 2.25. The van der Waals surface area contributed by atoms with Crippen molar-refractivity contribution in [3.63, 3.8) is 0 Å². The van der Waals surface area contributed by atoms with Gasteiger partial charge >= 0.3 is 0 Å². The van der Waals surface area contributed by atoms with Crippen LogP contribution in [-0.2, 0) is 6.42 Å². The van der Waals surface area contributed by atoms with Gasteiger partial charge in [0.1, 0.15) is 0 Å². The monoisotopic (exact) mass is 275 g/mol. The summed E-state index contributed by atoms with van der Waals surface area (Å²) >= 11 is 1.47. The summed E-state index contributed by atoms with van der Waals surface area (Å²) in [5.74, 6) is 0. The Kier molecular flexibility index (Phi) is 5.48. The van der Waals surface area contributed by atoms with E-state index >= 15 is 0 Å². The molecule has 0 aliphatic heterocycles. The van der Waals surface area contributed by atoms with Gasteiger partial charge in [0, 0.05) is 0 Å². The first-order valence-electron chi connectivity index (χ1n) is 6.94. The molecule has 0 amide bonds. The number of nitrogens with one attached hydrogen (secondary N) is 1. The number of hydrogen-bond donors (Lipinski definition) is 1. The van der Waals surface area contributed by atoms with Gasteiger partial charge in [-0.3, -0.25) is 0 Å². The van der Waals surface area contributed by atoms with E-state index in [4.69, 9.17) is 0 Å². The summed E-state index contributed by atoms with van der Waals surface area (Å²) in [5, 5.41) is 7.55. The van der Waals surface area contributed by atoms with Crippen molar-refractivity contribution < 1.29 is 0 Å². The van der Waals surface area contributed by atoms with E-state index in [0.717, 1.165) is 19.4 Å². The zero-order chi connectivity index (χ0) is 13.5. The molecule has 1 aromatic heterocycles. The van der Waals surface area contributed by atoms with Crippen LogP contribution >= 0.6 is 11.5 Å². The van der Waals surface area contributed by atoms with Crippen LogP contribution in [0.15, 0.2) is 30.5 Å². The van der Waals surface area contributed by atoms with Crippen molar-refractivity contribution in [2.75, 3.05) is 6.54 Å². The van der Waals surface area contributed by atoms with Crippen LogP contribution in [0.25, 0.3) is 0 Å². The summed E-state index contributed by atoms with van der Waals surface area (Å²) < 4.78 is 3.99. The lowest BCUT2D eigenvalue weighted by Gasteiger charge is -2.17. The lowest BCUT2D eigenvalue weighted by atomic mass is 10.0. The highest BCUT2D eigenvalue weighted by atomic mass is 32.1. The number of aryl methyl sites for hydroxylation is 1. The SMILES string of the molecule is CCCNC(c1cccc(CCC)c1)c1cnns1. The Bertz CT molecular complexity index is 482. The van der Waals surface area contributed by atoms with Crippen LogP contribution < -0.4 is 5.32 Å². The summed E-state index contributed by atoms with van der Waals surface area (Å²) in [6.45, 7) is 5.40. The molecule has 0 radical (unpaired) electrons. The molecular weight excluding hydrogens is 254 g/mol. The normalized spacial score (nSPS) is 12.5. The first-order valence-corrected chi connectivity index (χ1v) is 7.72. The molecule has 2 aromatic rings. The Hall–Kier alpha value is -1.26. The van der Waals surface area contributed by atoms with Gasteiger partial charge in [-0.25, -0.2) is 0 Å². The van der Waals surface area contributed by atoms with Gasteiger partial charge in [-0.2, -0.15) is 0 Å². The smallest absolute Gasteiger partial charge is 0.0703 e. The highest BCUT2D eigenvalue weighted by molar-refractivity contribution is 7.05. The van der Waals surface area contributed by atoms with Crippen molar-refractivity contribution in [1.82, 2.24) is 14.9 Å². The third kappa shape index (κ3) is 3.85. The fourth-order valence-electron chi connectivity index (χ4n) is 2.19. The topological polar surface area (TPSA) is 37.8 Å². The quantitative estimate of drug-likeness (QED) is 0.839. The number of aromatic nitrogens is 2. The van der Waals surface area contributed by atoms with Crippen molar-refractivity contribution in [2.24, 2.45) is 0 Å². The summed E-state index contributed by atoms with van der Waals surface area (Å²) in [6.07, 6.45) is 5.30. The van der Waals surface area contributed by atoms with Crippen LogP contribution in [0, 0.1) is 0 Å². The molecule has 4 heteroatoms. The fourth-order valence-corrected chi connectivity index (χ4v) is 2.80. The van der Waals surface area contributed by atoms with E-state index in [1.807, 2.05) is 6.20 Å². The lowest BCUT2D eigenvalue weighted by Crippen LogP contribution is -2.22. The second kappa shape index (κ2) is 7.36. The molecular formula is C15H21N3S. The van der Waals surface area contributed by atoms with Crippen molar-refractivity contribution in [3.8, 4) is 0 Å². The van der Waals surface area contributed by atoms with Crippen molar-refractivity contribution in [3.05, 3.63) is 46.5 Å². The molecule has 1 atom stereocenters. The maximum absolute atomic E-state index is 3.99.